The lowest BCUT2D eigenvalue weighted by Gasteiger charge is -2.35. The molecule has 0 aromatic heterocycles. The Bertz CT molecular complexity index is 692. The van der Waals surface area contributed by atoms with Gasteiger partial charge in [-0.05, 0) is 45.9 Å². The molecule has 1 aromatic rings. The van der Waals surface area contributed by atoms with Gasteiger partial charge in [-0.15, -0.1) is 0 Å². The summed E-state index contributed by atoms with van der Waals surface area (Å²) in [4.78, 5) is 14.6. The van der Waals surface area contributed by atoms with Crippen molar-refractivity contribution in [3.8, 4) is 0 Å². The van der Waals surface area contributed by atoms with E-state index in [9.17, 15) is 13.2 Å². The number of ether oxygens (including phenoxy) is 1. The Morgan fingerprint density at radius 3 is 2.38 bits per heavy atom. The molecule has 2 atom stereocenters. The molecule has 6 nitrogen and oxygen atoms in total. The zero-order chi connectivity index (χ0) is 18.1. The molecule has 1 saturated heterocycles. The van der Waals surface area contributed by atoms with Crippen LogP contribution in [0.25, 0.3) is 0 Å². The number of amides is 1. The number of carbonyl (C=O) groups is 1. The van der Waals surface area contributed by atoms with Crippen molar-refractivity contribution in [3.05, 3.63) is 29.8 Å². The van der Waals surface area contributed by atoms with E-state index in [-0.39, 0.29) is 29.1 Å². The Hall–Kier alpha value is -1.44. The minimum absolute atomic E-state index is 0.0308. The molecule has 0 radical (unpaired) electrons. The van der Waals surface area contributed by atoms with E-state index in [1.165, 1.54) is 16.4 Å². The number of rotatable bonds is 4. The summed E-state index contributed by atoms with van der Waals surface area (Å²) >= 11 is 0. The second-order valence-electron chi connectivity index (χ2n) is 6.61. The molecule has 24 heavy (non-hydrogen) atoms. The van der Waals surface area contributed by atoms with Crippen LogP contribution in [0.5, 0.6) is 0 Å². The SMILES string of the molecule is CC1CN(C(=O)c2cccc(S(=O)(=O)N(C)C(C)C)c2)CC(C)O1. The molecular formula is C17H26N2O4S. The van der Waals surface area contributed by atoms with Gasteiger partial charge in [0.1, 0.15) is 0 Å². The third-order valence-electron chi connectivity index (χ3n) is 4.19. The lowest BCUT2D eigenvalue weighted by Crippen LogP contribution is -2.48. The fraction of sp³-hybridized carbons (Fsp3) is 0.588. The maximum Gasteiger partial charge on any atom is 0.254 e. The van der Waals surface area contributed by atoms with Crippen LogP contribution in [-0.4, -0.2) is 61.9 Å². The van der Waals surface area contributed by atoms with Crippen molar-refractivity contribution >= 4 is 15.9 Å². The monoisotopic (exact) mass is 354 g/mol. The highest BCUT2D eigenvalue weighted by Gasteiger charge is 2.28. The number of hydrogen-bond acceptors (Lipinski definition) is 4. The second kappa shape index (κ2) is 7.21. The van der Waals surface area contributed by atoms with Crippen LogP contribution in [0.3, 0.4) is 0 Å². The minimum Gasteiger partial charge on any atom is -0.372 e. The first kappa shape index (κ1) is 18.9. The molecule has 1 fully saturated rings. The van der Waals surface area contributed by atoms with Crippen molar-refractivity contribution in [2.45, 2.75) is 50.8 Å². The van der Waals surface area contributed by atoms with Crippen LogP contribution in [0, 0.1) is 0 Å². The number of carbonyl (C=O) groups excluding carboxylic acids is 1. The first-order valence-electron chi connectivity index (χ1n) is 8.15. The fourth-order valence-electron chi connectivity index (χ4n) is 2.76. The number of benzene rings is 1. The van der Waals surface area contributed by atoms with Crippen LogP contribution in [0.1, 0.15) is 38.1 Å². The van der Waals surface area contributed by atoms with Gasteiger partial charge in [0.25, 0.3) is 5.91 Å². The summed E-state index contributed by atoms with van der Waals surface area (Å²) in [6, 6.07) is 6.09. The fourth-order valence-corrected chi connectivity index (χ4v) is 4.17. The molecule has 0 bridgehead atoms. The number of morpholine rings is 1. The summed E-state index contributed by atoms with van der Waals surface area (Å²) in [5, 5.41) is 0. The third-order valence-corrected chi connectivity index (χ3v) is 6.22. The predicted octanol–water partition coefficient (Wildman–Crippen LogP) is 1.96. The molecule has 0 saturated carbocycles. The number of hydrogen-bond donors (Lipinski definition) is 0. The lowest BCUT2D eigenvalue weighted by atomic mass is 10.1. The smallest absolute Gasteiger partial charge is 0.254 e. The topological polar surface area (TPSA) is 66.9 Å². The van der Waals surface area contributed by atoms with E-state index in [2.05, 4.69) is 0 Å². The zero-order valence-corrected chi connectivity index (χ0v) is 15.7. The summed E-state index contributed by atoms with van der Waals surface area (Å²) in [6.45, 7) is 8.48. The molecule has 1 aliphatic rings. The van der Waals surface area contributed by atoms with Gasteiger partial charge in [-0.1, -0.05) is 6.07 Å². The summed E-state index contributed by atoms with van der Waals surface area (Å²) in [6.07, 6.45) is -0.0617. The van der Waals surface area contributed by atoms with Crippen LogP contribution in [-0.2, 0) is 14.8 Å². The molecule has 2 unspecified atom stereocenters. The molecule has 0 aliphatic carbocycles. The largest absolute Gasteiger partial charge is 0.372 e. The zero-order valence-electron chi connectivity index (χ0n) is 14.9. The molecule has 1 heterocycles. The van der Waals surface area contributed by atoms with Crippen LogP contribution in [0.15, 0.2) is 29.2 Å². The van der Waals surface area contributed by atoms with E-state index < -0.39 is 10.0 Å². The first-order chi connectivity index (χ1) is 11.1. The van der Waals surface area contributed by atoms with Gasteiger partial charge in [0.2, 0.25) is 10.0 Å². The molecule has 1 aliphatic heterocycles. The van der Waals surface area contributed by atoms with Crippen molar-refractivity contribution < 1.29 is 17.9 Å². The van der Waals surface area contributed by atoms with Gasteiger partial charge in [-0.2, -0.15) is 4.31 Å². The van der Waals surface area contributed by atoms with Crippen molar-refractivity contribution in [2.24, 2.45) is 0 Å². The summed E-state index contributed by atoms with van der Waals surface area (Å²) in [5.74, 6) is -0.166. The normalized spacial score (nSPS) is 22.2. The van der Waals surface area contributed by atoms with Crippen molar-refractivity contribution in [1.29, 1.82) is 0 Å². The van der Waals surface area contributed by atoms with Crippen molar-refractivity contribution in [3.63, 3.8) is 0 Å². The average Bonchev–Trinajstić information content (AvgIpc) is 2.52. The van der Waals surface area contributed by atoms with Crippen molar-refractivity contribution in [1.82, 2.24) is 9.21 Å². The molecule has 0 spiro atoms. The van der Waals surface area contributed by atoms with E-state index in [0.29, 0.717) is 18.7 Å². The molecule has 0 N–H and O–H groups in total. The second-order valence-corrected chi connectivity index (χ2v) is 8.61. The van der Waals surface area contributed by atoms with Gasteiger partial charge in [0, 0.05) is 31.7 Å². The van der Waals surface area contributed by atoms with Gasteiger partial charge in [-0.25, -0.2) is 8.42 Å². The highest BCUT2D eigenvalue weighted by molar-refractivity contribution is 7.89. The molecule has 7 heteroatoms. The third kappa shape index (κ3) is 3.96. The molecule has 134 valence electrons. The number of nitrogens with zero attached hydrogens (tertiary/aromatic N) is 2. The molecular weight excluding hydrogens is 328 g/mol. The summed E-state index contributed by atoms with van der Waals surface area (Å²) in [7, 11) is -2.07. The van der Waals surface area contributed by atoms with Crippen LogP contribution in [0.2, 0.25) is 0 Å². The van der Waals surface area contributed by atoms with E-state index >= 15 is 0 Å². The Balaban J connectivity index is 2.29. The van der Waals surface area contributed by atoms with Crippen molar-refractivity contribution in [2.75, 3.05) is 20.1 Å². The van der Waals surface area contributed by atoms with Gasteiger partial charge < -0.3 is 9.64 Å². The maximum atomic E-state index is 12.7. The first-order valence-corrected chi connectivity index (χ1v) is 9.59. The van der Waals surface area contributed by atoms with Gasteiger partial charge >= 0.3 is 0 Å². The standard InChI is InChI=1S/C17H26N2O4S/c1-12(2)18(5)24(21,22)16-8-6-7-15(9-16)17(20)19-10-13(3)23-14(4)11-19/h6-9,12-14H,10-11H2,1-5H3. The number of sulfonamides is 1. The van der Waals surface area contributed by atoms with E-state index in [4.69, 9.17) is 4.74 Å². The van der Waals surface area contributed by atoms with E-state index in [0.717, 1.165) is 0 Å². The Morgan fingerprint density at radius 1 is 1.25 bits per heavy atom. The Labute approximate surface area is 144 Å². The highest BCUT2D eigenvalue weighted by Crippen LogP contribution is 2.20. The lowest BCUT2D eigenvalue weighted by molar-refractivity contribution is -0.0586. The highest BCUT2D eigenvalue weighted by atomic mass is 32.2. The summed E-state index contributed by atoms with van der Waals surface area (Å²) < 4.78 is 32.2. The Morgan fingerprint density at radius 2 is 1.83 bits per heavy atom. The van der Waals surface area contributed by atoms with Gasteiger partial charge in [0.05, 0.1) is 17.1 Å². The van der Waals surface area contributed by atoms with Crippen LogP contribution in [0.4, 0.5) is 0 Å². The quantitative estimate of drug-likeness (QED) is 0.829. The predicted molar refractivity (Wildman–Crippen MR) is 92.4 cm³/mol. The minimum atomic E-state index is -3.61. The summed E-state index contributed by atoms with van der Waals surface area (Å²) in [5.41, 5.74) is 0.384. The van der Waals surface area contributed by atoms with Gasteiger partial charge in [0.15, 0.2) is 0 Å². The molecule has 2 rings (SSSR count). The van der Waals surface area contributed by atoms with E-state index in [1.54, 1.807) is 24.1 Å². The molecule has 1 aromatic carbocycles. The van der Waals surface area contributed by atoms with Crippen LogP contribution >= 0.6 is 0 Å². The van der Waals surface area contributed by atoms with Gasteiger partial charge in [-0.3, -0.25) is 4.79 Å². The molecule has 1 amide bonds. The maximum absolute atomic E-state index is 12.7. The average molecular weight is 354 g/mol. The van der Waals surface area contributed by atoms with E-state index in [1.807, 2.05) is 27.7 Å². The Kier molecular flexibility index (Phi) is 5.67. The van der Waals surface area contributed by atoms with Crippen LogP contribution < -0.4 is 0 Å².